The van der Waals surface area contributed by atoms with E-state index in [4.69, 9.17) is 33.7 Å². The Morgan fingerprint density at radius 1 is 1.39 bits per heavy atom. The summed E-state index contributed by atoms with van der Waals surface area (Å²) in [5, 5.41) is 3.08. The molecule has 1 unspecified atom stereocenters. The maximum absolute atomic E-state index is 6.17. The molecule has 2 rings (SSSR count). The van der Waals surface area contributed by atoms with Gasteiger partial charge in [-0.25, -0.2) is 0 Å². The van der Waals surface area contributed by atoms with E-state index in [1.165, 1.54) is 0 Å². The summed E-state index contributed by atoms with van der Waals surface area (Å²) in [6.07, 6.45) is 0.656. The Labute approximate surface area is 120 Å². The van der Waals surface area contributed by atoms with Gasteiger partial charge in [0, 0.05) is 16.3 Å². The summed E-state index contributed by atoms with van der Waals surface area (Å²) < 4.78 is 5.15. The van der Waals surface area contributed by atoms with Gasteiger partial charge >= 0.3 is 0 Å². The van der Waals surface area contributed by atoms with Gasteiger partial charge in [0.1, 0.15) is 5.75 Å². The lowest BCUT2D eigenvalue weighted by atomic mass is 10.1. The Kier molecular flexibility index (Phi) is 4.51. The monoisotopic (exact) mass is 301 g/mol. The second-order valence-corrected chi connectivity index (χ2v) is 5.64. The Morgan fingerprint density at radius 3 is 2.83 bits per heavy atom. The lowest BCUT2D eigenvalue weighted by Crippen LogP contribution is -2.12. The van der Waals surface area contributed by atoms with Crippen LogP contribution in [0.1, 0.15) is 16.5 Å². The Hall–Kier alpha value is -0.740. The average molecular weight is 302 g/mol. The molecule has 18 heavy (non-hydrogen) atoms. The summed E-state index contributed by atoms with van der Waals surface area (Å²) in [7, 11) is 1.64. The van der Waals surface area contributed by atoms with Crippen LogP contribution in [0.4, 0.5) is 0 Å². The SMILES string of the molecule is COc1csc(C(N)Cc2cccc(Cl)c2Cl)c1. The van der Waals surface area contributed by atoms with E-state index in [9.17, 15) is 0 Å². The number of ether oxygens (including phenoxy) is 1. The standard InChI is InChI=1S/C13H13Cl2NOS/c1-17-9-6-12(18-7-9)11(16)5-8-3-2-4-10(14)13(8)15/h2-4,6-7,11H,5,16H2,1H3. The molecule has 0 amide bonds. The van der Waals surface area contributed by atoms with E-state index in [0.29, 0.717) is 16.5 Å². The van der Waals surface area contributed by atoms with Gasteiger partial charge in [0.05, 0.1) is 17.2 Å². The largest absolute Gasteiger partial charge is 0.496 e. The molecule has 96 valence electrons. The number of rotatable bonds is 4. The Bertz CT molecular complexity index is 542. The highest BCUT2D eigenvalue weighted by Gasteiger charge is 2.13. The van der Waals surface area contributed by atoms with Crippen molar-refractivity contribution in [3.05, 3.63) is 50.1 Å². The van der Waals surface area contributed by atoms with E-state index in [2.05, 4.69) is 0 Å². The van der Waals surface area contributed by atoms with Crippen LogP contribution in [0.15, 0.2) is 29.6 Å². The van der Waals surface area contributed by atoms with Crippen molar-refractivity contribution in [3.8, 4) is 5.75 Å². The van der Waals surface area contributed by atoms with Gasteiger partial charge in [-0.3, -0.25) is 0 Å². The van der Waals surface area contributed by atoms with E-state index in [0.717, 1.165) is 16.2 Å². The predicted octanol–water partition coefficient (Wildman–Crippen LogP) is 4.31. The number of nitrogens with two attached hydrogens (primary N) is 1. The molecular weight excluding hydrogens is 289 g/mol. The molecule has 2 aromatic rings. The predicted molar refractivity (Wildman–Crippen MR) is 78.0 cm³/mol. The lowest BCUT2D eigenvalue weighted by Gasteiger charge is -2.11. The van der Waals surface area contributed by atoms with Gasteiger partial charge < -0.3 is 10.5 Å². The molecule has 1 aromatic carbocycles. The number of hydrogen-bond donors (Lipinski definition) is 1. The zero-order valence-corrected chi connectivity index (χ0v) is 12.1. The van der Waals surface area contributed by atoms with E-state index < -0.39 is 0 Å². The molecular formula is C13H13Cl2NOS. The summed E-state index contributed by atoms with van der Waals surface area (Å²) in [4.78, 5) is 1.07. The summed E-state index contributed by atoms with van der Waals surface area (Å²) in [5.74, 6) is 0.836. The van der Waals surface area contributed by atoms with Crippen molar-refractivity contribution in [1.29, 1.82) is 0 Å². The number of hydrogen-bond acceptors (Lipinski definition) is 3. The fourth-order valence-electron chi connectivity index (χ4n) is 1.68. The van der Waals surface area contributed by atoms with Gasteiger partial charge in [-0.15, -0.1) is 11.3 Å². The van der Waals surface area contributed by atoms with Crippen LogP contribution in [0.5, 0.6) is 5.75 Å². The fourth-order valence-corrected chi connectivity index (χ4v) is 2.94. The van der Waals surface area contributed by atoms with Crippen LogP contribution in [-0.4, -0.2) is 7.11 Å². The molecule has 0 aliphatic rings. The van der Waals surface area contributed by atoms with Crippen molar-refractivity contribution in [2.75, 3.05) is 7.11 Å². The molecule has 1 atom stereocenters. The van der Waals surface area contributed by atoms with Crippen molar-refractivity contribution in [2.45, 2.75) is 12.5 Å². The number of methoxy groups -OCH3 is 1. The third-order valence-electron chi connectivity index (χ3n) is 2.67. The molecule has 0 fully saturated rings. The molecule has 2 nitrogen and oxygen atoms in total. The zero-order chi connectivity index (χ0) is 13.1. The molecule has 0 saturated heterocycles. The lowest BCUT2D eigenvalue weighted by molar-refractivity contribution is 0.416. The van der Waals surface area contributed by atoms with Crippen LogP contribution in [0.25, 0.3) is 0 Å². The average Bonchev–Trinajstić information content (AvgIpc) is 2.83. The molecule has 5 heteroatoms. The normalized spacial score (nSPS) is 12.4. The molecule has 0 spiro atoms. The van der Waals surface area contributed by atoms with Gasteiger partial charge in [0.15, 0.2) is 0 Å². The summed E-state index contributed by atoms with van der Waals surface area (Å²) in [6, 6.07) is 7.44. The summed E-state index contributed by atoms with van der Waals surface area (Å²) >= 11 is 13.7. The van der Waals surface area contributed by atoms with E-state index >= 15 is 0 Å². The highest BCUT2D eigenvalue weighted by Crippen LogP contribution is 2.31. The van der Waals surface area contributed by atoms with Crippen LogP contribution in [-0.2, 0) is 6.42 Å². The van der Waals surface area contributed by atoms with E-state index in [-0.39, 0.29) is 6.04 Å². The molecule has 2 N–H and O–H groups in total. The second-order valence-electron chi connectivity index (χ2n) is 3.91. The molecule has 1 heterocycles. The zero-order valence-electron chi connectivity index (χ0n) is 9.82. The number of benzene rings is 1. The first-order chi connectivity index (χ1) is 8.61. The molecule has 0 bridgehead atoms. The van der Waals surface area contributed by atoms with Gasteiger partial charge in [-0.05, 0) is 24.1 Å². The maximum atomic E-state index is 6.17. The first kappa shape index (κ1) is 13.7. The van der Waals surface area contributed by atoms with Crippen LogP contribution >= 0.6 is 34.5 Å². The minimum atomic E-state index is -0.102. The van der Waals surface area contributed by atoms with E-state index in [1.807, 2.05) is 23.6 Å². The van der Waals surface area contributed by atoms with Gasteiger partial charge in [0.2, 0.25) is 0 Å². The summed E-state index contributed by atoms with van der Waals surface area (Å²) in [5.41, 5.74) is 7.13. The topological polar surface area (TPSA) is 35.2 Å². The summed E-state index contributed by atoms with van der Waals surface area (Å²) in [6.45, 7) is 0. The number of thiophene rings is 1. The number of halogens is 2. The smallest absolute Gasteiger partial charge is 0.129 e. The van der Waals surface area contributed by atoms with Crippen molar-refractivity contribution in [1.82, 2.24) is 0 Å². The fraction of sp³-hybridized carbons (Fsp3) is 0.231. The Morgan fingerprint density at radius 2 is 2.17 bits per heavy atom. The maximum Gasteiger partial charge on any atom is 0.129 e. The molecule has 0 radical (unpaired) electrons. The van der Waals surface area contributed by atoms with Gasteiger partial charge in [-0.1, -0.05) is 35.3 Å². The van der Waals surface area contributed by atoms with Crippen molar-refractivity contribution < 1.29 is 4.74 Å². The van der Waals surface area contributed by atoms with Crippen LogP contribution in [0.2, 0.25) is 10.0 Å². The first-order valence-electron chi connectivity index (χ1n) is 5.42. The highest BCUT2D eigenvalue weighted by atomic mass is 35.5. The quantitative estimate of drug-likeness (QED) is 0.913. The van der Waals surface area contributed by atoms with Crippen LogP contribution in [0, 0.1) is 0 Å². The van der Waals surface area contributed by atoms with Crippen molar-refractivity contribution in [2.24, 2.45) is 5.73 Å². The van der Waals surface area contributed by atoms with Crippen LogP contribution in [0.3, 0.4) is 0 Å². The Balaban J connectivity index is 2.15. The minimum absolute atomic E-state index is 0.102. The molecule has 0 aliphatic carbocycles. The molecule has 0 saturated carbocycles. The van der Waals surface area contributed by atoms with Gasteiger partial charge in [0.25, 0.3) is 0 Å². The third-order valence-corrected chi connectivity index (χ3v) is 4.57. The van der Waals surface area contributed by atoms with Crippen molar-refractivity contribution >= 4 is 34.5 Å². The second kappa shape index (κ2) is 5.93. The third kappa shape index (κ3) is 2.98. The molecule has 0 aliphatic heterocycles. The van der Waals surface area contributed by atoms with Crippen LogP contribution < -0.4 is 10.5 Å². The first-order valence-corrected chi connectivity index (χ1v) is 7.06. The van der Waals surface area contributed by atoms with E-state index in [1.54, 1.807) is 24.5 Å². The van der Waals surface area contributed by atoms with Crippen molar-refractivity contribution in [3.63, 3.8) is 0 Å². The van der Waals surface area contributed by atoms with Gasteiger partial charge in [-0.2, -0.15) is 0 Å². The molecule has 1 aromatic heterocycles. The minimum Gasteiger partial charge on any atom is -0.496 e. The highest BCUT2D eigenvalue weighted by molar-refractivity contribution is 7.10.